The molecule has 0 spiro atoms. The van der Waals surface area contributed by atoms with E-state index in [0.717, 1.165) is 41.8 Å². The van der Waals surface area contributed by atoms with E-state index < -0.39 is 0 Å². The summed E-state index contributed by atoms with van der Waals surface area (Å²) in [5, 5.41) is 7.16. The molecule has 0 amide bonds. The first-order valence-electron chi connectivity index (χ1n) is 9.07. The van der Waals surface area contributed by atoms with Gasteiger partial charge >= 0.3 is 0 Å². The number of anilines is 3. The average molecular weight is 349 g/mol. The van der Waals surface area contributed by atoms with Gasteiger partial charge in [0.1, 0.15) is 11.6 Å². The second-order valence-corrected chi connectivity index (χ2v) is 6.92. The Labute approximate surface area is 153 Å². The first-order chi connectivity index (χ1) is 12.7. The van der Waals surface area contributed by atoms with Gasteiger partial charge in [-0.25, -0.2) is 4.98 Å². The minimum absolute atomic E-state index is 0.535. The molecule has 0 atom stereocenters. The van der Waals surface area contributed by atoms with Crippen molar-refractivity contribution in [2.45, 2.75) is 26.7 Å². The van der Waals surface area contributed by atoms with Crippen LogP contribution in [0.4, 0.5) is 17.6 Å². The molecule has 1 N–H and O–H groups in total. The smallest absolute Gasteiger partial charge is 0.231 e. The van der Waals surface area contributed by atoms with E-state index in [0.29, 0.717) is 11.8 Å². The average Bonchev–Trinajstić information content (AvgIpc) is 3.07. The van der Waals surface area contributed by atoms with Gasteiger partial charge in [0, 0.05) is 30.8 Å². The summed E-state index contributed by atoms with van der Waals surface area (Å²) in [6.07, 6.45) is 2.38. The Kier molecular flexibility index (Phi) is 4.56. The molecular formula is C20H23N5O. The second kappa shape index (κ2) is 7.15. The van der Waals surface area contributed by atoms with E-state index in [9.17, 15) is 0 Å². The van der Waals surface area contributed by atoms with Crippen molar-refractivity contribution in [3.05, 3.63) is 48.2 Å². The number of hydrogen-bond donors (Lipinski definition) is 1. The second-order valence-electron chi connectivity index (χ2n) is 6.92. The molecule has 4 rings (SSSR count). The molecule has 2 aromatic heterocycles. The highest BCUT2D eigenvalue weighted by atomic mass is 16.5. The SMILES string of the molecule is Cc1cc(Nc2nc(-c3ccccc3)cc(N3CCC(C)CC3)n2)no1. The third-order valence-electron chi connectivity index (χ3n) is 4.76. The third kappa shape index (κ3) is 3.69. The maximum absolute atomic E-state index is 5.13. The van der Waals surface area contributed by atoms with Crippen LogP contribution in [0.25, 0.3) is 11.3 Å². The molecule has 3 aromatic rings. The van der Waals surface area contributed by atoms with Crippen molar-refractivity contribution in [3.8, 4) is 11.3 Å². The van der Waals surface area contributed by atoms with Gasteiger partial charge in [-0.05, 0) is 25.7 Å². The van der Waals surface area contributed by atoms with Crippen molar-refractivity contribution in [1.29, 1.82) is 0 Å². The highest BCUT2D eigenvalue weighted by Gasteiger charge is 2.19. The number of hydrogen-bond acceptors (Lipinski definition) is 6. The van der Waals surface area contributed by atoms with Crippen molar-refractivity contribution in [2.24, 2.45) is 5.92 Å². The summed E-state index contributed by atoms with van der Waals surface area (Å²) >= 11 is 0. The molecule has 0 aliphatic carbocycles. The largest absolute Gasteiger partial charge is 0.360 e. The summed E-state index contributed by atoms with van der Waals surface area (Å²) in [4.78, 5) is 11.8. The molecule has 1 aromatic carbocycles. The molecule has 0 saturated carbocycles. The topological polar surface area (TPSA) is 67.1 Å². The van der Waals surface area contributed by atoms with Gasteiger partial charge in [0.2, 0.25) is 5.95 Å². The standard InChI is InChI=1S/C20H23N5O/c1-14-8-10-25(11-9-14)19-13-17(16-6-4-3-5-7-16)21-20(23-19)22-18-12-15(2)26-24-18/h3-7,12-14H,8-11H2,1-2H3,(H,21,22,23,24). The molecule has 26 heavy (non-hydrogen) atoms. The Morgan fingerprint density at radius 2 is 1.85 bits per heavy atom. The lowest BCUT2D eigenvalue weighted by Crippen LogP contribution is -2.33. The Morgan fingerprint density at radius 1 is 1.08 bits per heavy atom. The predicted molar refractivity (Wildman–Crippen MR) is 103 cm³/mol. The first kappa shape index (κ1) is 16.6. The molecule has 1 aliphatic rings. The first-order valence-corrected chi connectivity index (χ1v) is 9.07. The van der Waals surface area contributed by atoms with Crippen LogP contribution in [0.1, 0.15) is 25.5 Å². The molecule has 1 saturated heterocycles. The lowest BCUT2D eigenvalue weighted by Gasteiger charge is -2.31. The van der Waals surface area contributed by atoms with Crippen LogP contribution in [-0.2, 0) is 0 Å². The molecule has 1 fully saturated rings. The molecular weight excluding hydrogens is 326 g/mol. The lowest BCUT2D eigenvalue weighted by atomic mass is 9.99. The highest BCUT2D eigenvalue weighted by Crippen LogP contribution is 2.27. The maximum Gasteiger partial charge on any atom is 0.231 e. The van der Waals surface area contributed by atoms with E-state index in [1.54, 1.807) is 0 Å². The van der Waals surface area contributed by atoms with E-state index in [1.807, 2.05) is 31.2 Å². The third-order valence-corrected chi connectivity index (χ3v) is 4.76. The molecule has 0 bridgehead atoms. The van der Waals surface area contributed by atoms with Crippen molar-refractivity contribution in [2.75, 3.05) is 23.3 Å². The zero-order chi connectivity index (χ0) is 17.9. The van der Waals surface area contributed by atoms with Gasteiger partial charge in [-0.2, -0.15) is 4.98 Å². The molecule has 6 nitrogen and oxygen atoms in total. The maximum atomic E-state index is 5.13. The molecule has 0 unspecified atom stereocenters. The number of nitrogens with zero attached hydrogens (tertiary/aromatic N) is 4. The van der Waals surface area contributed by atoms with Gasteiger partial charge in [-0.15, -0.1) is 0 Å². The fourth-order valence-electron chi connectivity index (χ4n) is 3.19. The minimum Gasteiger partial charge on any atom is -0.360 e. The van der Waals surface area contributed by atoms with Crippen LogP contribution < -0.4 is 10.2 Å². The number of benzene rings is 1. The summed E-state index contributed by atoms with van der Waals surface area (Å²) in [7, 11) is 0. The van der Waals surface area contributed by atoms with Crippen molar-refractivity contribution in [3.63, 3.8) is 0 Å². The van der Waals surface area contributed by atoms with Crippen molar-refractivity contribution >= 4 is 17.6 Å². The Morgan fingerprint density at radius 3 is 2.54 bits per heavy atom. The summed E-state index contributed by atoms with van der Waals surface area (Å²) in [6.45, 7) is 6.22. The van der Waals surface area contributed by atoms with Gasteiger partial charge in [0.05, 0.1) is 5.69 Å². The summed E-state index contributed by atoms with van der Waals surface area (Å²) < 4.78 is 5.13. The van der Waals surface area contributed by atoms with Crippen LogP contribution in [0.5, 0.6) is 0 Å². The fourth-order valence-corrected chi connectivity index (χ4v) is 3.19. The van der Waals surface area contributed by atoms with Gasteiger partial charge in [-0.1, -0.05) is 42.4 Å². The molecule has 3 heterocycles. The number of aromatic nitrogens is 3. The number of aryl methyl sites for hydroxylation is 1. The van der Waals surface area contributed by atoms with Gasteiger partial charge < -0.3 is 14.7 Å². The van der Waals surface area contributed by atoms with Gasteiger partial charge in [0.15, 0.2) is 5.82 Å². The summed E-state index contributed by atoms with van der Waals surface area (Å²) in [6, 6.07) is 14.1. The van der Waals surface area contributed by atoms with Crippen molar-refractivity contribution < 1.29 is 4.52 Å². The van der Waals surface area contributed by atoms with E-state index in [2.05, 4.69) is 45.5 Å². The number of piperidine rings is 1. The van der Waals surface area contributed by atoms with E-state index >= 15 is 0 Å². The zero-order valence-electron chi connectivity index (χ0n) is 15.1. The Hall–Kier alpha value is -2.89. The number of nitrogens with one attached hydrogen (secondary N) is 1. The van der Waals surface area contributed by atoms with Crippen LogP contribution in [0.3, 0.4) is 0 Å². The zero-order valence-corrected chi connectivity index (χ0v) is 15.1. The Balaban J connectivity index is 1.69. The summed E-state index contributed by atoms with van der Waals surface area (Å²) in [5.41, 5.74) is 1.97. The van der Waals surface area contributed by atoms with E-state index in [-0.39, 0.29) is 0 Å². The van der Waals surface area contributed by atoms with Gasteiger partial charge in [0.25, 0.3) is 0 Å². The molecule has 6 heteroatoms. The predicted octanol–water partition coefficient (Wildman–Crippen LogP) is 4.42. The molecule has 0 radical (unpaired) electrons. The quantitative estimate of drug-likeness (QED) is 0.752. The number of rotatable bonds is 4. The summed E-state index contributed by atoms with van der Waals surface area (Å²) in [5.74, 6) is 3.63. The van der Waals surface area contributed by atoms with E-state index in [1.165, 1.54) is 12.8 Å². The van der Waals surface area contributed by atoms with Crippen LogP contribution in [0.2, 0.25) is 0 Å². The van der Waals surface area contributed by atoms with Crippen LogP contribution in [-0.4, -0.2) is 28.2 Å². The molecule has 134 valence electrons. The van der Waals surface area contributed by atoms with Crippen LogP contribution in [0.15, 0.2) is 47.0 Å². The fraction of sp³-hybridized carbons (Fsp3) is 0.350. The molecule has 1 aliphatic heterocycles. The van der Waals surface area contributed by atoms with Crippen LogP contribution in [0, 0.1) is 12.8 Å². The lowest BCUT2D eigenvalue weighted by molar-refractivity contribution is 0.400. The highest BCUT2D eigenvalue weighted by molar-refractivity contribution is 5.66. The monoisotopic (exact) mass is 349 g/mol. The van der Waals surface area contributed by atoms with Crippen molar-refractivity contribution in [1.82, 2.24) is 15.1 Å². The minimum atomic E-state index is 0.535. The Bertz CT molecular complexity index is 869. The van der Waals surface area contributed by atoms with Crippen LogP contribution >= 0.6 is 0 Å². The van der Waals surface area contributed by atoms with Gasteiger partial charge in [-0.3, -0.25) is 0 Å². The normalized spacial score (nSPS) is 15.2. The van der Waals surface area contributed by atoms with E-state index in [4.69, 9.17) is 9.51 Å².